The lowest BCUT2D eigenvalue weighted by atomic mass is 10.1. The molecule has 6 rings (SSSR count). The maximum atomic E-state index is 13.1. The number of aryl methyl sites for hydroxylation is 1. The Morgan fingerprint density at radius 1 is 0.878 bits per heavy atom. The van der Waals surface area contributed by atoms with Crippen molar-refractivity contribution in [1.29, 1.82) is 0 Å². The van der Waals surface area contributed by atoms with Crippen LogP contribution in [-0.2, 0) is 6.42 Å². The molecule has 0 radical (unpaired) electrons. The second kappa shape index (κ2) is 11.7. The molecule has 208 valence electrons. The third-order valence-electron chi connectivity index (χ3n) is 7.36. The van der Waals surface area contributed by atoms with Crippen molar-refractivity contribution in [2.24, 2.45) is 0 Å². The molecule has 0 atom stereocenters. The van der Waals surface area contributed by atoms with Gasteiger partial charge in [0.05, 0.1) is 23.9 Å². The fourth-order valence-corrected chi connectivity index (χ4v) is 5.25. The van der Waals surface area contributed by atoms with E-state index in [0.29, 0.717) is 26.1 Å². The van der Waals surface area contributed by atoms with Crippen LogP contribution in [0.3, 0.4) is 0 Å². The van der Waals surface area contributed by atoms with Crippen molar-refractivity contribution in [2.75, 3.05) is 43.5 Å². The maximum absolute atomic E-state index is 13.1. The summed E-state index contributed by atoms with van der Waals surface area (Å²) in [6.45, 7) is 4.68. The number of methoxy groups -OCH3 is 1. The number of ether oxygens (including phenoxy) is 1. The van der Waals surface area contributed by atoms with Crippen LogP contribution in [0.15, 0.2) is 84.9 Å². The Morgan fingerprint density at radius 2 is 1.61 bits per heavy atom. The van der Waals surface area contributed by atoms with E-state index in [-0.39, 0.29) is 6.03 Å². The summed E-state index contributed by atoms with van der Waals surface area (Å²) in [7, 11) is 1.63. The Bertz CT molecular complexity index is 1640. The molecule has 1 N–H and O–H groups in total. The van der Waals surface area contributed by atoms with Crippen molar-refractivity contribution in [1.82, 2.24) is 24.6 Å². The lowest BCUT2D eigenvalue weighted by Crippen LogP contribution is -2.38. The Morgan fingerprint density at radius 3 is 2.34 bits per heavy atom. The monoisotopic (exact) mass is 547 g/mol. The highest BCUT2D eigenvalue weighted by Crippen LogP contribution is 2.30. The molecule has 1 aliphatic heterocycles. The summed E-state index contributed by atoms with van der Waals surface area (Å²) in [5.41, 5.74) is 4.52. The standard InChI is InChI=1S/C32H33N7O2/c1-23-29-30(37-18-9-19-38(21-20-37)32(40)33-25-14-16-27(41-2)17-15-25)34-28(22-24-10-5-3-6-11-24)35-31(29)39(36-23)26-12-7-4-8-13-26/h3-8,10-17H,9,18-22H2,1-2H3,(H,33,40). The summed E-state index contributed by atoms with van der Waals surface area (Å²) in [5, 5.41) is 8.86. The second-order valence-electron chi connectivity index (χ2n) is 10.1. The number of nitrogens with one attached hydrogen (secondary N) is 1. The van der Waals surface area contributed by atoms with Crippen LogP contribution < -0.4 is 15.0 Å². The first-order valence-corrected chi connectivity index (χ1v) is 13.9. The van der Waals surface area contributed by atoms with Crippen molar-refractivity contribution in [3.63, 3.8) is 0 Å². The van der Waals surface area contributed by atoms with Gasteiger partial charge in [0.2, 0.25) is 0 Å². The molecule has 0 unspecified atom stereocenters. The molecule has 0 aliphatic carbocycles. The molecule has 1 fully saturated rings. The largest absolute Gasteiger partial charge is 0.497 e. The third kappa shape index (κ3) is 5.70. The summed E-state index contributed by atoms with van der Waals surface area (Å²) < 4.78 is 7.14. The Kier molecular flexibility index (Phi) is 7.49. The SMILES string of the molecule is COc1ccc(NC(=O)N2CCCN(c3nc(Cc4ccccc4)nc4c3c(C)nn4-c3ccccc3)CC2)cc1. The first kappa shape index (κ1) is 26.3. The van der Waals surface area contributed by atoms with Crippen LogP contribution in [0, 0.1) is 6.92 Å². The molecule has 2 aromatic heterocycles. The van der Waals surface area contributed by atoms with E-state index in [9.17, 15) is 4.79 Å². The van der Waals surface area contributed by atoms with Gasteiger partial charge in [0.25, 0.3) is 0 Å². The summed E-state index contributed by atoms with van der Waals surface area (Å²) in [6, 6.07) is 27.6. The topological polar surface area (TPSA) is 88.4 Å². The summed E-state index contributed by atoms with van der Waals surface area (Å²) >= 11 is 0. The number of carbonyl (C=O) groups is 1. The van der Waals surface area contributed by atoms with Crippen molar-refractivity contribution in [3.8, 4) is 11.4 Å². The molecular formula is C32H33N7O2. The lowest BCUT2D eigenvalue weighted by Gasteiger charge is -2.24. The summed E-state index contributed by atoms with van der Waals surface area (Å²) in [4.78, 5) is 27.4. The van der Waals surface area contributed by atoms with Gasteiger partial charge < -0.3 is 19.9 Å². The molecule has 3 heterocycles. The second-order valence-corrected chi connectivity index (χ2v) is 10.1. The number of hydrogen-bond acceptors (Lipinski definition) is 6. The molecule has 41 heavy (non-hydrogen) atoms. The zero-order chi connectivity index (χ0) is 28.2. The van der Waals surface area contributed by atoms with Gasteiger partial charge in [-0.3, -0.25) is 0 Å². The van der Waals surface area contributed by atoms with Gasteiger partial charge in [-0.1, -0.05) is 48.5 Å². The average molecular weight is 548 g/mol. The Labute approximate surface area is 239 Å². The summed E-state index contributed by atoms with van der Waals surface area (Å²) in [5.74, 6) is 2.37. The third-order valence-corrected chi connectivity index (χ3v) is 7.36. The Balaban J connectivity index is 1.30. The van der Waals surface area contributed by atoms with Gasteiger partial charge in [-0.25, -0.2) is 19.4 Å². The molecule has 0 bridgehead atoms. The number of anilines is 2. The first-order chi connectivity index (χ1) is 20.1. The molecule has 9 heteroatoms. The van der Waals surface area contributed by atoms with E-state index in [2.05, 4.69) is 22.3 Å². The minimum absolute atomic E-state index is 0.109. The van der Waals surface area contributed by atoms with E-state index in [1.54, 1.807) is 7.11 Å². The van der Waals surface area contributed by atoms with Crippen molar-refractivity contribution in [3.05, 3.63) is 102 Å². The van der Waals surface area contributed by atoms with Gasteiger partial charge in [-0.05, 0) is 55.3 Å². The molecular weight excluding hydrogens is 514 g/mol. The van der Waals surface area contributed by atoms with E-state index in [4.69, 9.17) is 19.8 Å². The van der Waals surface area contributed by atoms with Gasteiger partial charge in [0.1, 0.15) is 17.4 Å². The highest BCUT2D eigenvalue weighted by Gasteiger charge is 2.25. The number of fused-ring (bicyclic) bond motifs is 1. The molecule has 1 aliphatic rings. The Hall–Kier alpha value is -4.92. The first-order valence-electron chi connectivity index (χ1n) is 13.9. The van der Waals surface area contributed by atoms with Crippen molar-refractivity contribution >= 4 is 28.6 Å². The van der Waals surface area contributed by atoms with Crippen LogP contribution in [0.2, 0.25) is 0 Å². The number of para-hydroxylation sites is 1. The van der Waals surface area contributed by atoms with Gasteiger partial charge in [0.15, 0.2) is 5.65 Å². The minimum atomic E-state index is -0.109. The zero-order valence-corrected chi connectivity index (χ0v) is 23.3. The molecule has 2 amide bonds. The van der Waals surface area contributed by atoms with Crippen LogP contribution in [0.4, 0.5) is 16.3 Å². The lowest BCUT2D eigenvalue weighted by molar-refractivity contribution is 0.215. The van der Waals surface area contributed by atoms with Gasteiger partial charge in [-0.2, -0.15) is 5.10 Å². The number of urea groups is 1. The number of hydrogen-bond donors (Lipinski definition) is 1. The van der Waals surface area contributed by atoms with Crippen molar-refractivity contribution < 1.29 is 9.53 Å². The fourth-order valence-electron chi connectivity index (χ4n) is 5.25. The number of aromatic nitrogens is 4. The van der Waals surface area contributed by atoms with Crippen LogP contribution in [-0.4, -0.2) is 64.0 Å². The number of carbonyl (C=O) groups excluding carboxylic acids is 1. The molecule has 5 aromatic rings. The zero-order valence-electron chi connectivity index (χ0n) is 23.3. The van der Waals surface area contributed by atoms with Gasteiger partial charge >= 0.3 is 6.03 Å². The van der Waals surface area contributed by atoms with Crippen LogP contribution in [0.5, 0.6) is 5.75 Å². The molecule has 0 spiro atoms. The predicted molar refractivity (Wildman–Crippen MR) is 161 cm³/mol. The number of benzene rings is 3. The normalized spacial score (nSPS) is 13.7. The van der Waals surface area contributed by atoms with E-state index in [0.717, 1.165) is 64.0 Å². The van der Waals surface area contributed by atoms with Crippen LogP contribution in [0.1, 0.15) is 23.5 Å². The number of nitrogens with zero attached hydrogens (tertiary/aromatic N) is 6. The van der Waals surface area contributed by atoms with Gasteiger partial charge in [-0.15, -0.1) is 0 Å². The number of amides is 2. The van der Waals surface area contributed by atoms with E-state index >= 15 is 0 Å². The molecule has 9 nitrogen and oxygen atoms in total. The van der Waals surface area contributed by atoms with Gasteiger partial charge in [0, 0.05) is 38.3 Å². The summed E-state index contributed by atoms with van der Waals surface area (Å²) in [6.07, 6.45) is 1.44. The predicted octanol–water partition coefficient (Wildman–Crippen LogP) is 5.47. The van der Waals surface area contributed by atoms with E-state index < -0.39 is 0 Å². The van der Waals surface area contributed by atoms with E-state index in [1.807, 2.05) is 89.3 Å². The average Bonchev–Trinajstić information content (AvgIpc) is 3.17. The fraction of sp³-hybridized carbons (Fsp3) is 0.250. The maximum Gasteiger partial charge on any atom is 0.321 e. The van der Waals surface area contributed by atoms with E-state index in [1.165, 1.54) is 0 Å². The quantitative estimate of drug-likeness (QED) is 0.303. The highest BCUT2D eigenvalue weighted by atomic mass is 16.5. The van der Waals surface area contributed by atoms with Crippen molar-refractivity contribution in [2.45, 2.75) is 19.8 Å². The smallest absolute Gasteiger partial charge is 0.321 e. The molecule has 1 saturated heterocycles. The van der Waals surface area contributed by atoms with Crippen LogP contribution >= 0.6 is 0 Å². The number of rotatable bonds is 6. The molecule has 0 saturated carbocycles. The highest BCUT2D eigenvalue weighted by molar-refractivity contribution is 5.91. The minimum Gasteiger partial charge on any atom is -0.497 e. The molecule has 3 aromatic carbocycles. The van der Waals surface area contributed by atoms with Crippen LogP contribution in [0.25, 0.3) is 16.7 Å².